The van der Waals surface area contributed by atoms with Gasteiger partial charge in [-0.1, -0.05) is 19.3 Å². The lowest BCUT2D eigenvalue weighted by Gasteiger charge is -2.19. The monoisotopic (exact) mass is 236 g/mol. The molecule has 16 heavy (non-hydrogen) atoms. The maximum atomic E-state index is 4.89. The van der Waals surface area contributed by atoms with Crippen molar-refractivity contribution in [1.82, 2.24) is 10.3 Å². The molecule has 1 aromatic rings. The minimum Gasteiger partial charge on any atom is -0.316 e. The first kappa shape index (κ1) is 10.7. The second kappa shape index (κ2) is 4.84. The van der Waals surface area contributed by atoms with Crippen molar-refractivity contribution in [1.29, 1.82) is 0 Å². The van der Waals surface area contributed by atoms with E-state index < -0.39 is 0 Å². The van der Waals surface area contributed by atoms with Crippen LogP contribution in [0.2, 0.25) is 0 Å². The highest BCUT2D eigenvalue weighted by atomic mass is 32.1. The van der Waals surface area contributed by atoms with Crippen molar-refractivity contribution in [2.45, 2.75) is 50.4 Å². The Hall–Kier alpha value is -0.410. The first-order valence-corrected chi connectivity index (χ1v) is 7.47. The summed E-state index contributed by atoms with van der Waals surface area (Å²) < 4.78 is 0. The van der Waals surface area contributed by atoms with Gasteiger partial charge in [-0.05, 0) is 25.8 Å². The molecule has 0 bridgehead atoms. The van der Waals surface area contributed by atoms with Gasteiger partial charge in [-0.2, -0.15) is 0 Å². The number of thiazole rings is 1. The molecule has 3 heteroatoms. The van der Waals surface area contributed by atoms with E-state index in [-0.39, 0.29) is 0 Å². The van der Waals surface area contributed by atoms with Crippen LogP contribution in [-0.4, -0.2) is 18.1 Å². The number of hydrogen-bond donors (Lipinski definition) is 1. The van der Waals surface area contributed by atoms with Gasteiger partial charge in [-0.15, -0.1) is 11.3 Å². The van der Waals surface area contributed by atoms with Gasteiger partial charge in [0.15, 0.2) is 0 Å². The van der Waals surface area contributed by atoms with Gasteiger partial charge in [0, 0.05) is 23.8 Å². The summed E-state index contributed by atoms with van der Waals surface area (Å²) >= 11 is 1.90. The van der Waals surface area contributed by atoms with Gasteiger partial charge in [0.2, 0.25) is 0 Å². The number of hydrogen-bond acceptors (Lipinski definition) is 3. The quantitative estimate of drug-likeness (QED) is 0.852. The van der Waals surface area contributed by atoms with Crippen LogP contribution in [0.1, 0.15) is 61.1 Å². The number of rotatable bonds is 2. The Balaban J connectivity index is 1.71. The lowest BCUT2D eigenvalue weighted by Crippen LogP contribution is -2.08. The van der Waals surface area contributed by atoms with Crippen LogP contribution in [0.3, 0.4) is 0 Å². The highest BCUT2D eigenvalue weighted by Crippen LogP contribution is 2.35. The molecule has 0 amide bonds. The average Bonchev–Trinajstić information content (AvgIpc) is 3.01. The summed E-state index contributed by atoms with van der Waals surface area (Å²) in [5.41, 5.74) is 1.36. The molecule has 1 unspecified atom stereocenters. The lowest BCUT2D eigenvalue weighted by molar-refractivity contribution is 0.441. The summed E-state index contributed by atoms with van der Waals surface area (Å²) in [7, 11) is 0. The van der Waals surface area contributed by atoms with E-state index in [1.807, 2.05) is 11.3 Å². The minimum absolute atomic E-state index is 0.689. The Morgan fingerprint density at radius 3 is 2.75 bits per heavy atom. The molecule has 1 aliphatic heterocycles. The predicted octanol–water partition coefficient (Wildman–Crippen LogP) is 3.27. The number of nitrogens with one attached hydrogen (secondary N) is 1. The van der Waals surface area contributed by atoms with Crippen LogP contribution in [0.5, 0.6) is 0 Å². The zero-order valence-electron chi connectivity index (χ0n) is 9.74. The van der Waals surface area contributed by atoms with E-state index in [0.717, 1.165) is 12.5 Å². The van der Waals surface area contributed by atoms with Gasteiger partial charge in [0.1, 0.15) is 0 Å². The first-order valence-electron chi connectivity index (χ1n) is 6.59. The summed E-state index contributed by atoms with van der Waals surface area (Å²) in [6.07, 6.45) is 8.26. The van der Waals surface area contributed by atoms with Gasteiger partial charge in [0.25, 0.3) is 0 Å². The highest BCUT2D eigenvalue weighted by Gasteiger charge is 2.23. The molecule has 0 aromatic carbocycles. The highest BCUT2D eigenvalue weighted by molar-refractivity contribution is 7.09. The fourth-order valence-corrected chi connectivity index (χ4v) is 4.01. The lowest BCUT2D eigenvalue weighted by atomic mass is 9.90. The Labute approximate surface area is 101 Å². The van der Waals surface area contributed by atoms with Gasteiger partial charge >= 0.3 is 0 Å². The summed E-state index contributed by atoms with van der Waals surface area (Å²) in [6.45, 7) is 2.30. The molecule has 88 valence electrons. The zero-order valence-corrected chi connectivity index (χ0v) is 10.6. The third-order valence-corrected chi connectivity index (χ3v) is 5.00. The largest absolute Gasteiger partial charge is 0.316 e. The molecule has 3 rings (SSSR count). The first-order chi connectivity index (χ1) is 7.93. The topological polar surface area (TPSA) is 24.9 Å². The maximum absolute atomic E-state index is 4.89. The maximum Gasteiger partial charge on any atom is 0.0959 e. The molecule has 1 aromatic heterocycles. The summed E-state index contributed by atoms with van der Waals surface area (Å²) in [6, 6.07) is 0. The van der Waals surface area contributed by atoms with E-state index in [9.17, 15) is 0 Å². The molecule has 0 radical (unpaired) electrons. The molecule has 1 saturated heterocycles. The van der Waals surface area contributed by atoms with E-state index in [1.54, 1.807) is 0 Å². The molecule has 1 aliphatic carbocycles. The van der Waals surface area contributed by atoms with E-state index >= 15 is 0 Å². The van der Waals surface area contributed by atoms with Crippen LogP contribution in [0.4, 0.5) is 0 Å². The van der Waals surface area contributed by atoms with Crippen molar-refractivity contribution >= 4 is 11.3 Å². The normalized spacial score (nSPS) is 27.4. The molecule has 1 atom stereocenters. The van der Waals surface area contributed by atoms with Crippen molar-refractivity contribution in [3.63, 3.8) is 0 Å². The van der Waals surface area contributed by atoms with Crippen molar-refractivity contribution in [3.05, 3.63) is 16.1 Å². The molecule has 2 heterocycles. The van der Waals surface area contributed by atoms with Gasteiger partial charge < -0.3 is 5.32 Å². The van der Waals surface area contributed by atoms with E-state index in [2.05, 4.69) is 10.7 Å². The summed E-state index contributed by atoms with van der Waals surface area (Å²) in [5, 5.41) is 7.15. The van der Waals surface area contributed by atoms with Gasteiger partial charge in [0.05, 0.1) is 10.7 Å². The van der Waals surface area contributed by atoms with Crippen molar-refractivity contribution in [3.8, 4) is 0 Å². The third kappa shape index (κ3) is 2.16. The Morgan fingerprint density at radius 1 is 1.12 bits per heavy atom. The fourth-order valence-electron chi connectivity index (χ4n) is 2.93. The van der Waals surface area contributed by atoms with E-state index in [0.29, 0.717) is 5.92 Å². The van der Waals surface area contributed by atoms with Crippen molar-refractivity contribution in [2.24, 2.45) is 0 Å². The van der Waals surface area contributed by atoms with Crippen molar-refractivity contribution < 1.29 is 0 Å². The van der Waals surface area contributed by atoms with Crippen molar-refractivity contribution in [2.75, 3.05) is 13.1 Å². The molecule has 2 fully saturated rings. The third-order valence-electron chi connectivity index (χ3n) is 3.97. The standard InChI is InChI=1S/C13H20N2S/c1-2-4-10(5-3-1)13-15-12(9-16-13)11-6-7-14-8-11/h9-11,14H,1-8H2. The summed E-state index contributed by atoms with van der Waals surface area (Å²) in [4.78, 5) is 4.89. The van der Waals surface area contributed by atoms with Crippen LogP contribution in [-0.2, 0) is 0 Å². The van der Waals surface area contributed by atoms with Crippen LogP contribution in [0.15, 0.2) is 5.38 Å². The molecule has 0 spiro atoms. The average molecular weight is 236 g/mol. The smallest absolute Gasteiger partial charge is 0.0959 e. The van der Waals surface area contributed by atoms with E-state index in [1.165, 1.54) is 55.8 Å². The molecule has 2 aliphatic rings. The van der Waals surface area contributed by atoms with Gasteiger partial charge in [-0.3, -0.25) is 0 Å². The molecule has 1 N–H and O–H groups in total. The van der Waals surface area contributed by atoms with Gasteiger partial charge in [-0.25, -0.2) is 4.98 Å². The molecular weight excluding hydrogens is 216 g/mol. The second-order valence-corrected chi connectivity index (χ2v) is 6.02. The molecular formula is C13H20N2S. The van der Waals surface area contributed by atoms with E-state index in [4.69, 9.17) is 4.98 Å². The fraction of sp³-hybridized carbons (Fsp3) is 0.769. The van der Waals surface area contributed by atoms with Crippen LogP contribution in [0.25, 0.3) is 0 Å². The minimum atomic E-state index is 0.689. The molecule has 2 nitrogen and oxygen atoms in total. The Bertz CT molecular complexity index is 335. The Morgan fingerprint density at radius 2 is 2.00 bits per heavy atom. The second-order valence-electron chi connectivity index (χ2n) is 5.14. The van der Waals surface area contributed by atoms with Crippen LogP contribution in [0, 0.1) is 0 Å². The SMILES string of the molecule is c1sc(C2CCCCC2)nc1C1CCNC1. The van der Waals surface area contributed by atoms with Crippen LogP contribution >= 0.6 is 11.3 Å². The number of aromatic nitrogens is 1. The van der Waals surface area contributed by atoms with Crippen LogP contribution < -0.4 is 5.32 Å². The number of nitrogens with zero attached hydrogens (tertiary/aromatic N) is 1. The summed E-state index contributed by atoms with van der Waals surface area (Å²) in [5.74, 6) is 1.47. The molecule has 1 saturated carbocycles. The predicted molar refractivity (Wildman–Crippen MR) is 68.2 cm³/mol. The Kier molecular flexibility index (Phi) is 3.25. The zero-order chi connectivity index (χ0) is 10.8.